The molecule has 2 aliphatic rings. The van der Waals surface area contributed by atoms with Crippen molar-refractivity contribution in [2.75, 3.05) is 13.1 Å². The maximum atomic E-state index is 13.3. The Morgan fingerprint density at radius 1 is 1.36 bits per heavy atom. The van der Waals surface area contributed by atoms with Gasteiger partial charge in [0, 0.05) is 17.5 Å². The fraction of sp³-hybridized carbons (Fsp3) is 0.526. The summed E-state index contributed by atoms with van der Waals surface area (Å²) in [5.74, 6) is 0.257. The Labute approximate surface area is 163 Å². The van der Waals surface area contributed by atoms with Gasteiger partial charge in [-0.05, 0) is 78.5 Å². The van der Waals surface area contributed by atoms with Gasteiger partial charge in [-0.25, -0.2) is 0 Å². The van der Waals surface area contributed by atoms with Crippen molar-refractivity contribution in [1.82, 2.24) is 10.2 Å². The maximum Gasteiger partial charge on any atom is 0.231 e. The lowest BCUT2D eigenvalue weighted by Gasteiger charge is -2.31. The van der Waals surface area contributed by atoms with Gasteiger partial charge in [0.2, 0.25) is 5.91 Å². The van der Waals surface area contributed by atoms with Crippen LogP contribution < -0.4 is 5.32 Å². The zero-order valence-corrected chi connectivity index (χ0v) is 16.9. The number of nitrogens with one attached hydrogen (secondary N) is 1. The fourth-order valence-electron chi connectivity index (χ4n) is 4.06. The first kappa shape index (κ1) is 18.9. The largest absolute Gasteiger partial charge is 0.334 e. The van der Waals surface area contributed by atoms with Crippen LogP contribution in [0.4, 0.5) is 0 Å². The SMILES string of the molecule is CC(C(=O)N(Cc1ccsc1)C1CC12CCNCC2)c1cccs1.Cl. The molecule has 2 aromatic rings. The van der Waals surface area contributed by atoms with Crippen LogP contribution in [0.2, 0.25) is 0 Å². The van der Waals surface area contributed by atoms with Gasteiger partial charge in [-0.1, -0.05) is 6.07 Å². The highest BCUT2D eigenvalue weighted by Crippen LogP contribution is 2.56. The molecule has 2 fully saturated rings. The fourth-order valence-corrected chi connectivity index (χ4v) is 5.49. The number of piperidine rings is 1. The standard InChI is InChI=1S/C19H24N2OS2.ClH/c1-14(16-3-2-9-24-16)18(22)21(12-15-4-10-23-13-15)17-11-19(17)5-7-20-8-6-19;/h2-4,9-10,13-14,17,20H,5-8,11-12H2,1H3;1H. The Morgan fingerprint density at radius 2 is 2.16 bits per heavy atom. The molecule has 1 aliphatic carbocycles. The van der Waals surface area contributed by atoms with E-state index in [2.05, 4.69) is 45.4 Å². The molecule has 4 rings (SSSR count). The van der Waals surface area contributed by atoms with Crippen LogP contribution in [-0.4, -0.2) is 29.9 Å². The topological polar surface area (TPSA) is 32.3 Å². The van der Waals surface area contributed by atoms with E-state index in [1.807, 2.05) is 6.07 Å². The van der Waals surface area contributed by atoms with E-state index in [4.69, 9.17) is 0 Å². The van der Waals surface area contributed by atoms with Gasteiger partial charge in [0.15, 0.2) is 0 Å². The predicted molar refractivity (Wildman–Crippen MR) is 108 cm³/mol. The van der Waals surface area contributed by atoms with Gasteiger partial charge in [-0.2, -0.15) is 11.3 Å². The number of hydrogen-bond donors (Lipinski definition) is 1. The van der Waals surface area contributed by atoms with Gasteiger partial charge in [-0.3, -0.25) is 4.79 Å². The van der Waals surface area contributed by atoms with Crippen LogP contribution in [0.5, 0.6) is 0 Å². The lowest BCUT2D eigenvalue weighted by atomic mass is 9.93. The van der Waals surface area contributed by atoms with Gasteiger partial charge in [0.05, 0.1) is 5.92 Å². The number of carbonyl (C=O) groups is 1. The van der Waals surface area contributed by atoms with E-state index < -0.39 is 0 Å². The highest BCUT2D eigenvalue weighted by Gasteiger charge is 2.58. The van der Waals surface area contributed by atoms with Gasteiger partial charge < -0.3 is 10.2 Å². The first-order valence-electron chi connectivity index (χ1n) is 8.75. The number of thiophene rings is 2. The van der Waals surface area contributed by atoms with Gasteiger partial charge in [0.1, 0.15) is 0 Å². The third-order valence-corrected chi connectivity index (χ3v) is 7.47. The van der Waals surface area contributed by atoms with Crippen LogP contribution in [-0.2, 0) is 11.3 Å². The summed E-state index contributed by atoms with van der Waals surface area (Å²) < 4.78 is 0. The minimum absolute atomic E-state index is 0. The van der Waals surface area contributed by atoms with E-state index in [1.165, 1.54) is 29.7 Å². The molecular weight excluding hydrogens is 372 g/mol. The van der Waals surface area contributed by atoms with Gasteiger partial charge in [-0.15, -0.1) is 23.7 Å². The predicted octanol–water partition coefficient (Wildman–Crippen LogP) is 4.51. The van der Waals surface area contributed by atoms with Gasteiger partial charge in [0.25, 0.3) is 0 Å². The van der Waals surface area contributed by atoms with E-state index in [0.29, 0.717) is 17.4 Å². The summed E-state index contributed by atoms with van der Waals surface area (Å²) in [6.45, 7) is 5.01. The molecular formula is C19H25ClN2OS2. The highest BCUT2D eigenvalue weighted by molar-refractivity contribution is 7.10. The minimum atomic E-state index is -0.0389. The first-order valence-corrected chi connectivity index (χ1v) is 10.6. The van der Waals surface area contributed by atoms with Crippen LogP contribution in [0.3, 0.4) is 0 Å². The summed E-state index contributed by atoms with van der Waals surface area (Å²) in [7, 11) is 0. The third-order valence-electron chi connectivity index (χ3n) is 5.68. The molecule has 0 bridgehead atoms. The number of carbonyl (C=O) groups excluding carboxylic acids is 1. The second-order valence-corrected chi connectivity index (χ2v) is 8.93. The van der Waals surface area contributed by atoms with Crippen molar-refractivity contribution in [2.24, 2.45) is 5.41 Å². The van der Waals surface area contributed by atoms with E-state index in [1.54, 1.807) is 22.7 Å². The molecule has 3 nitrogen and oxygen atoms in total. The summed E-state index contributed by atoms with van der Waals surface area (Å²) in [6.07, 6.45) is 3.60. The van der Waals surface area contributed by atoms with E-state index in [9.17, 15) is 4.79 Å². The zero-order chi connectivity index (χ0) is 16.6. The molecule has 2 unspecified atom stereocenters. The first-order chi connectivity index (χ1) is 11.7. The van der Waals surface area contributed by atoms with Crippen molar-refractivity contribution >= 4 is 41.0 Å². The molecule has 2 aromatic heterocycles. The Morgan fingerprint density at radius 3 is 2.80 bits per heavy atom. The maximum absolute atomic E-state index is 13.3. The molecule has 1 spiro atoms. The van der Waals surface area contributed by atoms with Crippen molar-refractivity contribution in [3.8, 4) is 0 Å². The molecule has 1 amide bonds. The molecule has 1 N–H and O–H groups in total. The molecule has 6 heteroatoms. The Balaban J connectivity index is 0.00000182. The molecule has 1 saturated carbocycles. The van der Waals surface area contributed by atoms with Crippen LogP contribution >= 0.6 is 35.1 Å². The summed E-state index contributed by atoms with van der Waals surface area (Å²) in [5.41, 5.74) is 1.65. The van der Waals surface area contributed by atoms with Crippen molar-refractivity contribution in [3.05, 3.63) is 44.8 Å². The number of nitrogens with zero attached hydrogens (tertiary/aromatic N) is 1. The number of rotatable bonds is 5. The molecule has 0 aromatic carbocycles. The third kappa shape index (κ3) is 3.80. The second-order valence-electron chi connectivity index (χ2n) is 7.17. The Hall–Kier alpha value is -0.880. The summed E-state index contributed by atoms with van der Waals surface area (Å²) in [5, 5.41) is 9.80. The summed E-state index contributed by atoms with van der Waals surface area (Å²) >= 11 is 3.40. The van der Waals surface area contributed by atoms with Crippen LogP contribution in [0.25, 0.3) is 0 Å². The molecule has 1 saturated heterocycles. The lowest BCUT2D eigenvalue weighted by Crippen LogP contribution is -2.40. The van der Waals surface area contributed by atoms with Crippen LogP contribution in [0.1, 0.15) is 42.5 Å². The molecule has 3 heterocycles. The summed E-state index contributed by atoms with van der Waals surface area (Å²) in [6, 6.07) is 6.70. The zero-order valence-electron chi connectivity index (χ0n) is 14.4. The van der Waals surface area contributed by atoms with E-state index in [-0.39, 0.29) is 18.3 Å². The molecule has 25 heavy (non-hydrogen) atoms. The normalized spacial score (nSPS) is 22.2. The van der Waals surface area contributed by atoms with E-state index in [0.717, 1.165) is 19.6 Å². The number of halogens is 1. The number of amides is 1. The smallest absolute Gasteiger partial charge is 0.231 e. The van der Waals surface area contributed by atoms with Crippen molar-refractivity contribution in [3.63, 3.8) is 0 Å². The minimum Gasteiger partial charge on any atom is -0.334 e. The Kier molecular flexibility index (Phi) is 5.88. The van der Waals surface area contributed by atoms with Crippen molar-refractivity contribution in [2.45, 2.75) is 44.7 Å². The monoisotopic (exact) mass is 396 g/mol. The second kappa shape index (κ2) is 7.78. The molecule has 136 valence electrons. The summed E-state index contributed by atoms with van der Waals surface area (Å²) in [4.78, 5) is 16.7. The quantitative estimate of drug-likeness (QED) is 0.806. The van der Waals surface area contributed by atoms with Crippen molar-refractivity contribution in [1.29, 1.82) is 0 Å². The van der Waals surface area contributed by atoms with Crippen LogP contribution in [0.15, 0.2) is 34.3 Å². The molecule has 1 aliphatic heterocycles. The molecule has 2 atom stereocenters. The van der Waals surface area contributed by atoms with Gasteiger partial charge >= 0.3 is 0 Å². The average Bonchev–Trinajstić information content (AvgIpc) is 3.07. The van der Waals surface area contributed by atoms with Crippen molar-refractivity contribution < 1.29 is 4.79 Å². The average molecular weight is 397 g/mol. The number of hydrogen-bond acceptors (Lipinski definition) is 4. The molecule has 0 radical (unpaired) electrons. The van der Waals surface area contributed by atoms with Crippen LogP contribution in [0, 0.1) is 5.41 Å². The lowest BCUT2D eigenvalue weighted by molar-refractivity contribution is -0.134. The van der Waals surface area contributed by atoms with E-state index >= 15 is 0 Å². The highest BCUT2D eigenvalue weighted by atomic mass is 35.5. The Bertz CT molecular complexity index is 680.